The Morgan fingerprint density at radius 1 is 1.06 bits per heavy atom. The average molecular weight is 253 g/mol. The first kappa shape index (κ1) is 11.4. The summed E-state index contributed by atoms with van der Waals surface area (Å²) in [6.45, 7) is 6.52. The van der Waals surface area contributed by atoms with E-state index in [9.17, 15) is 0 Å². The highest BCUT2D eigenvalue weighted by Crippen LogP contribution is 2.19. The van der Waals surface area contributed by atoms with Crippen molar-refractivity contribution in [2.75, 3.05) is 0 Å². The third-order valence-electron chi connectivity index (χ3n) is 2.16. The minimum Gasteiger partial charge on any atom is -0.426 e. The third-order valence-corrected chi connectivity index (χ3v) is 3.89. The highest BCUT2D eigenvalue weighted by molar-refractivity contribution is 6.87. The molecule has 1 aromatic heterocycles. The molecule has 0 N–H and O–H groups in total. The number of benzene rings is 1. The molecule has 0 spiro atoms. The van der Waals surface area contributed by atoms with Crippen LogP contribution in [0.2, 0.25) is 24.7 Å². The van der Waals surface area contributed by atoms with Crippen LogP contribution in [0.4, 0.5) is 0 Å². The quantitative estimate of drug-likeness (QED) is 0.772. The van der Waals surface area contributed by atoms with Gasteiger partial charge in [0.1, 0.15) is 0 Å². The van der Waals surface area contributed by atoms with Gasteiger partial charge in [0.15, 0.2) is 13.6 Å². The molecule has 16 heavy (non-hydrogen) atoms. The lowest BCUT2D eigenvalue weighted by Gasteiger charge is -2.07. The zero-order valence-electron chi connectivity index (χ0n) is 9.49. The Balaban J connectivity index is 2.35. The summed E-state index contributed by atoms with van der Waals surface area (Å²) < 4.78 is 5.67. The molecule has 0 saturated carbocycles. The molecule has 0 bridgehead atoms. The summed E-state index contributed by atoms with van der Waals surface area (Å²) in [5.74, 6) is 0.564. The molecule has 0 atom stereocenters. The Morgan fingerprint density at radius 2 is 1.69 bits per heavy atom. The van der Waals surface area contributed by atoms with Crippen molar-refractivity contribution in [1.29, 1.82) is 0 Å². The Kier molecular flexibility index (Phi) is 2.86. The summed E-state index contributed by atoms with van der Waals surface area (Å²) in [5, 5.41) is 8.86. The minimum absolute atomic E-state index is 0.564. The summed E-state index contributed by atoms with van der Waals surface area (Å²) in [4.78, 5) is 0. The Morgan fingerprint density at radius 3 is 2.19 bits per heavy atom. The predicted molar refractivity (Wildman–Crippen MR) is 67.7 cm³/mol. The standard InChI is InChI=1S/C11H13ClN2OSi/c1-16(2,3)11-14-13-10(15-11)8-4-6-9(12)7-5-8/h4-7H,1-3H3. The van der Waals surface area contributed by atoms with Gasteiger partial charge in [0.2, 0.25) is 5.89 Å². The number of hydrogen-bond donors (Lipinski definition) is 0. The van der Waals surface area contributed by atoms with E-state index in [1.165, 1.54) is 0 Å². The minimum atomic E-state index is -1.52. The number of hydrogen-bond acceptors (Lipinski definition) is 3. The van der Waals surface area contributed by atoms with Crippen molar-refractivity contribution in [1.82, 2.24) is 10.2 Å². The van der Waals surface area contributed by atoms with E-state index >= 15 is 0 Å². The first-order chi connectivity index (χ1) is 7.47. The molecule has 0 aliphatic heterocycles. The normalized spacial score (nSPS) is 11.8. The molecular formula is C11H13ClN2OSi. The molecule has 0 aliphatic carbocycles. The third kappa shape index (κ3) is 2.33. The molecule has 0 saturated heterocycles. The smallest absolute Gasteiger partial charge is 0.247 e. The van der Waals surface area contributed by atoms with Crippen LogP contribution in [-0.2, 0) is 0 Å². The van der Waals surface area contributed by atoms with Gasteiger partial charge in [-0.05, 0) is 24.3 Å². The van der Waals surface area contributed by atoms with Crippen LogP contribution < -0.4 is 5.51 Å². The molecule has 0 fully saturated rings. The fourth-order valence-electron chi connectivity index (χ4n) is 1.24. The van der Waals surface area contributed by atoms with Crippen LogP contribution >= 0.6 is 11.6 Å². The maximum atomic E-state index is 5.82. The maximum Gasteiger partial charge on any atom is 0.247 e. The fourth-order valence-corrected chi connectivity index (χ4v) is 2.11. The van der Waals surface area contributed by atoms with Crippen LogP contribution in [0, 0.1) is 0 Å². The van der Waals surface area contributed by atoms with E-state index in [-0.39, 0.29) is 0 Å². The van der Waals surface area contributed by atoms with Crippen molar-refractivity contribution in [2.45, 2.75) is 19.6 Å². The molecule has 2 rings (SSSR count). The molecule has 1 heterocycles. The van der Waals surface area contributed by atoms with Crippen molar-refractivity contribution < 1.29 is 4.42 Å². The van der Waals surface area contributed by atoms with E-state index in [0.717, 1.165) is 11.1 Å². The second-order valence-corrected chi connectivity index (χ2v) is 10.0. The van der Waals surface area contributed by atoms with Gasteiger partial charge in [0.05, 0.1) is 0 Å². The largest absolute Gasteiger partial charge is 0.426 e. The van der Waals surface area contributed by atoms with Gasteiger partial charge in [0.25, 0.3) is 0 Å². The van der Waals surface area contributed by atoms with Crippen molar-refractivity contribution >= 4 is 25.2 Å². The SMILES string of the molecule is C[Si](C)(C)c1nnc(-c2ccc(Cl)cc2)o1. The van der Waals surface area contributed by atoms with Gasteiger partial charge in [-0.25, -0.2) is 0 Å². The lowest BCUT2D eigenvalue weighted by Crippen LogP contribution is -2.38. The van der Waals surface area contributed by atoms with Gasteiger partial charge >= 0.3 is 0 Å². The Hall–Kier alpha value is -1.13. The Bertz CT molecular complexity index is 487. The summed E-state index contributed by atoms with van der Waals surface area (Å²) in [6, 6.07) is 7.39. The van der Waals surface area contributed by atoms with E-state index in [0.29, 0.717) is 10.9 Å². The summed E-state index contributed by atoms with van der Waals surface area (Å²) in [6.07, 6.45) is 0. The van der Waals surface area contributed by atoms with E-state index < -0.39 is 8.07 Å². The van der Waals surface area contributed by atoms with Crippen LogP contribution in [-0.4, -0.2) is 18.3 Å². The van der Waals surface area contributed by atoms with Crippen molar-refractivity contribution in [3.8, 4) is 11.5 Å². The van der Waals surface area contributed by atoms with Crippen molar-refractivity contribution in [3.63, 3.8) is 0 Å². The van der Waals surface area contributed by atoms with Gasteiger partial charge in [-0.1, -0.05) is 31.2 Å². The number of nitrogens with zero attached hydrogens (tertiary/aromatic N) is 2. The average Bonchev–Trinajstić information content (AvgIpc) is 2.67. The molecule has 1 aromatic carbocycles. The molecule has 5 heteroatoms. The van der Waals surface area contributed by atoms with Crippen molar-refractivity contribution in [3.05, 3.63) is 29.3 Å². The number of aromatic nitrogens is 2. The Labute approximate surface area is 100 Å². The first-order valence-corrected chi connectivity index (χ1v) is 8.94. The van der Waals surface area contributed by atoms with Gasteiger partial charge in [-0.2, -0.15) is 0 Å². The van der Waals surface area contributed by atoms with Gasteiger partial charge < -0.3 is 4.42 Å². The molecule has 0 unspecified atom stereocenters. The van der Waals surface area contributed by atoms with Crippen LogP contribution in [0.15, 0.2) is 28.7 Å². The number of halogens is 1. The molecule has 0 amide bonds. The van der Waals surface area contributed by atoms with Crippen LogP contribution in [0.25, 0.3) is 11.5 Å². The van der Waals surface area contributed by atoms with E-state index in [1.54, 1.807) is 0 Å². The molecule has 84 valence electrons. The van der Waals surface area contributed by atoms with Crippen LogP contribution in [0.5, 0.6) is 0 Å². The van der Waals surface area contributed by atoms with Gasteiger partial charge in [0, 0.05) is 10.6 Å². The lowest BCUT2D eigenvalue weighted by molar-refractivity contribution is 0.600. The van der Waals surface area contributed by atoms with Crippen LogP contribution in [0.1, 0.15) is 0 Å². The van der Waals surface area contributed by atoms with Crippen LogP contribution in [0.3, 0.4) is 0 Å². The van der Waals surface area contributed by atoms with Crippen molar-refractivity contribution in [2.24, 2.45) is 0 Å². The second-order valence-electron chi connectivity index (χ2n) is 4.67. The highest BCUT2D eigenvalue weighted by atomic mass is 35.5. The lowest BCUT2D eigenvalue weighted by atomic mass is 10.2. The molecule has 0 aliphatic rings. The van der Waals surface area contributed by atoms with E-state index in [4.69, 9.17) is 16.0 Å². The molecular weight excluding hydrogens is 240 g/mol. The predicted octanol–water partition coefficient (Wildman–Crippen LogP) is 2.94. The second kappa shape index (κ2) is 4.03. The zero-order chi connectivity index (χ0) is 11.8. The zero-order valence-corrected chi connectivity index (χ0v) is 11.2. The van der Waals surface area contributed by atoms with E-state index in [2.05, 4.69) is 29.8 Å². The van der Waals surface area contributed by atoms with E-state index in [1.807, 2.05) is 24.3 Å². The van der Waals surface area contributed by atoms with Gasteiger partial charge in [-0.15, -0.1) is 10.2 Å². The highest BCUT2D eigenvalue weighted by Gasteiger charge is 2.24. The first-order valence-electron chi connectivity index (χ1n) is 5.07. The molecule has 2 aromatic rings. The molecule has 3 nitrogen and oxygen atoms in total. The summed E-state index contributed by atoms with van der Waals surface area (Å²) in [7, 11) is -1.52. The fraction of sp³-hybridized carbons (Fsp3) is 0.273. The number of rotatable bonds is 2. The topological polar surface area (TPSA) is 38.9 Å². The van der Waals surface area contributed by atoms with Gasteiger partial charge in [-0.3, -0.25) is 0 Å². The summed E-state index contributed by atoms with van der Waals surface area (Å²) >= 11 is 5.82. The maximum absolute atomic E-state index is 5.82. The summed E-state index contributed by atoms with van der Waals surface area (Å²) in [5.41, 5.74) is 1.68. The monoisotopic (exact) mass is 252 g/mol. The molecule has 0 radical (unpaired) electrons.